The second-order valence-corrected chi connectivity index (χ2v) is 6.61. The van der Waals surface area contributed by atoms with Gasteiger partial charge in [0.2, 0.25) is 0 Å². The lowest BCUT2D eigenvalue weighted by Gasteiger charge is -2.29. The largest absolute Gasteiger partial charge is 0.376 e. The molecule has 116 valence electrons. The van der Waals surface area contributed by atoms with Gasteiger partial charge in [0.15, 0.2) is 0 Å². The minimum absolute atomic E-state index is 0.0289. The van der Waals surface area contributed by atoms with Crippen molar-refractivity contribution < 1.29 is 9.31 Å². The zero-order valence-electron chi connectivity index (χ0n) is 11.9. The number of nitro groups is 1. The Kier molecular flexibility index (Phi) is 5.74. The highest BCUT2D eigenvalue weighted by Gasteiger charge is 2.20. The number of nitrogens with one attached hydrogen (secondary N) is 1. The van der Waals surface area contributed by atoms with Crippen LogP contribution in [0.15, 0.2) is 12.1 Å². The summed E-state index contributed by atoms with van der Waals surface area (Å²) < 4.78 is 13.9. The van der Waals surface area contributed by atoms with Gasteiger partial charge in [0.05, 0.1) is 8.49 Å². The number of halogens is 2. The number of hydrogen-bond donors (Lipinski definition) is 1. The van der Waals surface area contributed by atoms with Gasteiger partial charge in [-0.2, -0.15) is 0 Å². The maximum absolute atomic E-state index is 13.7. The number of piperidine rings is 1. The van der Waals surface area contributed by atoms with E-state index in [0.29, 0.717) is 0 Å². The molecule has 0 bridgehead atoms. The quantitative estimate of drug-likeness (QED) is 0.460. The van der Waals surface area contributed by atoms with Crippen LogP contribution >= 0.6 is 22.6 Å². The first-order valence-corrected chi connectivity index (χ1v) is 8.17. The molecule has 0 spiro atoms. The average Bonchev–Trinajstić information content (AvgIpc) is 2.43. The maximum Gasteiger partial charge on any atom is 0.293 e. The van der Waals surface area contributed by atoms with Crippen LogP contribution in [0.2, 0.25) is 0 Å². The van der Waals surface area contributed by atoms with E-state index in [2.05, 4.69) is 10.2 Å². The molecule has 7 heteroatoms. The molecule has 0 aliphatic carbocycles. The third-order valence-corrected chi connectivity index (χ3v) is 4.44. The Morgan fingerprint density at radius 3 is 2.71 bits per heavy atom. The molecule has 0 radical (unpaired) electrons. The SMILES string of the molecule is CC(CN1CCCCC1)Nc1cc(F)c(I)cc1[N+](=O)[O-]. The fourth-order valence-electron chi connectivity index (χ4n) is 2.64. The molecule has 1 unspecified atom stereocenters. The first kappa shape index (κ1) is 16.4. The van der Waals surface area contributed by atoms with Crippen molar-refractivity contribution >= 4 is 34.0 Å². The van der Waals surface area contributed by atoms with Crippen LogP contribution < -0.4 is 5.32 Å². The summed E-state index contributed by atoms with van der Waals surface area (Å²) in [5.41, 5.74) is 0.175. The van der Waals surface area contributed by atoms with Crippen molar-refractivity contribution in [3.8, 4) is 0 Å². The molecular formula is C14H19FIN3O2. The van der Waals surface area contributed by atoms with E-state index in [1.165, 1.54) is 31.4 Å². The highest BCUT2D eigenvalue weighted by Crippen LogP contribution is 2.29. The highest BCUT2D eigenvalue weighted by atomic mass is 127. The number of likely N-dealkylation sites (tertiary alicyclic amines) is 1. The summed E-state index contributed by atoms with van der Waals surface area (Å²) in [5.74, 6) is -0.436. The summed E-state index contributed by atoms with van der Waals surface area (Å²) in [4.78, 5) is 13.0. The Labute approximate surface area is 137 Å². The van der Waals surface area contributed by atoms with Gasteiger partial charge in [-0.25, -0.2) is 4.39 Å². The smallest absolute Gasteiger partial charge is 0.293 e. The molecule has 1 aliphatic rings. The van der Waals surface area contributed by atoms with E-state index in [4.69, 9.17) is 0 Å². The molecule has 1 saturated heterocycles. The van der Waals surface area contributed by atoms with Crippen LogP contribution in [0.5, 0.6) is 0 Å². The predicted molar refractivity (Wildman–Crippen MR) is 89.1 cm³/mol. The van der Waals surface area contributed by atoms with Gasteiger partial charge in [0.1, 0.15) is 11.5 Å². The molecule has 5 nitrogen and oxygen atoms in total. The monoisotopic (exact) mass is 407 g/mol. The van der Waals surface area contributed by atoms with Crippen LogP contribution in [-0.2, 0) is 0 Å². The average molecular weight is 407 g/mol. The number of rotatable bonds is 5. The van der Waals surface area contributed by atoms with Crippen LogP contribution in [0, 0.1) is 19.5 Å². The molecular weight excluding hydrogens is 388 g/mol. The Morgan fingerprint density at radius 1 is 1.43 bits per heavy atom. The topological polar surface area (TPSA) is 58.4 Å². The fraction of sp³-hybridized carbons (Fsp3) is 0.571. The zero-order chi connectivity index (χ0) is 15.4. The highest BCUT2D eigenvalue weighted by molar-refractivity contribution is 14.1. The van der Waals surface area contributed by atoms with Gasteiger partial charge < -0.3 is 10.2 Å². The predicted octanol–water partition coefficient (Wildman–Crippen LogP) is 3.62. The first-order chi connectivity index (χ1) is 9.97. The number of anilines is 1. The summed E-state index contributed by atoms with van der Waals surface area (Å²) in [6, 6.07) is 2.51. The van der Waals surface area contributed by atoms with Gasteiger partial charge >= 0.3 is 0 Å². The summed E-state index contributed by atoms with van der Waals surface area (Å²) >= 11 is 1.76. The molecule has 1 N–H and O–H groups in total. The second-order valence-electron chi connectivity index (χ2n) is 5.45. The van der Waals surface area contributed by atoms with Crippen molar-refractivity contribution in [1.29, 1.82) is 0 Å². The third-order valence-electron chi connectivity index (χ3n) is 3.62. The Bertz CT molecular complexity index is 521. The van der Waals surface area contributed by atoms with Crippen molar-refractivity contribution in [3.63, 3.8) is 0 Å². The van der Waals surface area contributed by atoms with E-state index in [1.807, 2.05) is 6.92 Å². The van der Waals surface area contributed by atoms with E-state index in [0.717, 1.165) is 19.6 Å². The molecule has 1 aromatic rings. The summed E-state index contributed by atoms with van der Waals surface area (Å²) in [6.45, 7) is 4.91. The van der Waals surface area contributed by atoms with Crippen molar-refractivity contribution in [2.24, 2.45) is 0 Å². The van der Waals surface area contributed by atoms with Crippen molar-refractivity contribution in [1.82, 2.24) is 4.90 Å². The van der Waals surface area contributed by atoms with E-state index in [-0.39, 0.29) is 21.0 Å². The molecule has 2 rings (SSSR count). The van der Waals surface area contributed by atoms with Crippen molar-refractivity contribution in [2.45, 2.75) is 32.2 Å². The number of hydrogen-bond acceptors (Lipinski definition) is 4. The van der Waals surface area contributed by atoms with Crippen LogP contribution in [-0.4, -0.2) is 35.5 Å². The summed E-state index contributed by atoms with van der Waals surface area (Å²) in [6.07, 6.45) is 3.67. The van der Waals surface area contributed by atoms with Crippen molar-refractivity contribution in [2.75, 3.05) is 25.0 Å². The number of nitro benzene ring substituents is 1. The Balaban J connectivity index is 2.07. The normalized spacial score (nSPS) is 17.5. The van der Waals surface area contributed by atoms with E-state index >= 15 is 0 Å². The van der Waals surface area contributed by atoms with Gasteiger partial charge in [0, 0.05) is 24.7 Å². The molecule has 0 saturated carbocycles. The van der Waals surface area contributed by atoms with E-state index < -0.39 is 10.7 Å². The zero-order valence-corrected chi connectivity index (χ0v) is 14.1. The molecule has 1 heterocycles. The lowest BCUT2D eigenvalue weighted by atomic mass is 10.1. The molecule has 0 aromatic heterocycles. The second kappa shape index (κ2) is 7.35. The number of benzene rings is 1. The summed E-state index contributed by atoms with van der Waals surface area (Å²) in [5, 5.41) is 14.2. The van der Waals surface area contributed by atoms with Gasteiger partial charge in [0.25, 0.3) is 5.69 Å². The van der Waals surface area contributed by atoms with E-state index in [1.54, 1.807) is 22.6 Å². The van der Waals surface area contributed by atoms with Crippen LogP contribution in [0.25, 0.3) is 0 Å². The maximum atomic E-state index is 13.7. The molecule has 21 heavy (non-hydrogen) atoms. The molecule has 1 aromatic carbocycles. The van der Waals surface area contributed by atoms with Gasteiger partial charge in [-0.15, -0.1) is 0 Å². The summed E-state index contributed by atoms with van der Waals surface area (Å²) in [7, 11) is 0. The minimum atomic E-state index is -0.475. The number of nitrogens with zero attached hydrogens (tertiary/aromatic N) is 2. The fourth-order valence-corrected chi connectivity index (χ4v) is 3.09. The van der Waals surface area contributed by atoms with Crippen LogP contribution in [0.1, 0.15) is 26.2 Å². The van der Waals surface area contributed by atoms with Gasteiger partial charge in [-0.1, -0.05) is 6.42 Å². The van der Waals surface area contributed by atoms with Crippen molar-refractivity contribution in [3.05, 3.63) is 31.6 Å². The minimum Gasteiger partial charge on any atom is -0.376 e. The lowest BCUT2D eigenvalue weighted by molar-refractivity contribution is -0.384. The molecule has 1 fully saturated rings. The molecule has 1 aliphatic heterocycles. The Hall–Kier alpha value is -0.960. The standard InChI is InChI=1S/C14H19FIN3O2/c1-10(9-18-5-3-2-4-6-18)17-13-7-11(15)12(16)8-14(13)19(20)21/h7-8,10,17H,2-6,9H2,1H3. The van der Waals surface area contributed by atoms with Gasteiger partial charge in [-0.05, 0) is 55.4 Å². The van der Waals surface area contributed by atoms with Gasteiger partial charge in [-0.3, -0.25) is 10.1 Å². The molecule has 1 atom stereocenters. The lowest BCUT2D eigenvalue weighted by Crippen LogP contribution is -2.38. The van der Waals surface area contributed by atoms with Crippen LogP contribution in [0.4, 0.5) is 15.8 Å². The Morgan fingerprint density at radius 2 is 2.10 bits per heavy atom. The van der Waals surface area contributed by atoms with E-state index in [9.17, 15) is 14.5 Å². The molecule has 0 amide bonds. The third kappa shape index (κ3) is 4.50. The first-order valence-electron chi connectivity index (χ1n) is 7.09. The van der Waals surface area contributed by atoms with Crippen LogP contribution in [0.3, 0.4) is 0 Å².